The van der Waals surface area contributed by atoms with E-state index >= 15 is 0 Å². The molecule has 1 rings (SSSR count). The average molecular weight is 364 g/mol. The molecule has 0 radical (unpaired) electrons. The molecule has 19 heavy (non-hydrogen) atoms. The van der Waals surface area contributed by atoms with Crippen LogP contribution in [-0.4, -0.2) is 26.5 Å². The van der Waals surface area contributed by atoms with Crippen LogP contribution in [0.4, 0.5) is 0 Å². The van der Waals surface area contributed by atoms with Crippen molar-refractivity contribution in [3.05, 3.63) is 22.2 Å². The Hall–Kier alpha value is 0.190. The van der Waals surface area contributed by atoms with E-state index in [-0.39, 0.29) is 20.7 Å². The Bertz CT molecular complexity index is 509. The first kappa shape index (κ1) is 17.2. The molecule has 0 saturated heterocycles. The van der Waals surface area contributed by atoms with Crippen LogP contribution in [0.5, 0.6) is 5.75 Å². The first-order valence-electron chi connectivity index (χ1n) is 5.50. The molecule has 0 heterocycles. The summed E-state index contributed by atoms with van der Waals surface area (Å²) >= 11 is 13.7. The van der Waals surface area contributed by atoms with Gasteiger partial charge in [0, 0.05) is 10.7 Å². The molecule has 1 aromatic carbocycles. The van der Waals surface area contributed by atoms with E-state index in [1.165, 1.54) is 12.1 Å². The lowest BCUT2D eigenvalue weighted by atomic mass is 10.3. The number of benzene rings is 1. The molecule has 0 aromatic heterocycles. The van der Waals surface area contributed by atoms with Crippen molar-refractivity contribution >= 4 is 54.7 Å². The minimum atomic E-state index is -3.85. The van der Waals surface area contributed by atoms with Gasteiger partial charge in [-0.2, -0.15) is 11.8 Å². The fourth-order valence-corrected chi connectivity index (χ4v) is 3.42. The van der Waals surface area contributed by atoms with E-state index in [1.54, 1.807) is 0 Å². The summed E-state index contributed by atoms with van der Waals surface area (Å²) in [5.74, 6) is 2.33. The molecule has 0 aliphatic carbocycles. The quantitative estimate of drug-likeness (QED) is 0.530. The van der Waals surface area contributed by atoms with Gasteiger partial charge in [0.1, 0.15) is 0 Å². The normalized spacial score (nSPS) is 11.6. The van der Waals surface area contributed by atoms with Gasteiger partial charge in [0.25, 0.3) is 9.05 Å². The highest BCUT2D eigenvalue weighted by molar-refractivity contribution is 8.13. The number of hydrogen-bond acceptors (Lipinski definition) is 4. The lowest BCUT2D eigenvalue weighted by Crippen LogP contribution is -2.01. The maximum absolute atomic E-state index is 11.2. The molecule has 8 heteroatoms. The lowest BCUT2D eigenvalue weighted by molar-refractivity contribution is 0.319. The van der Waals surface area contributed by atoms with E-state index in [2.05, 4.69) is 6.92 Å². The standard InChI is InChI=1S/C11H13Cl3O3S2/c1-2-18-5-3-4-17-11-9(12)6-8(7-10(11)13)19(14,15)16/h6-7H,2-5H2,1H3. The molecule has 1 aromatic rings. The van der Waals surface area contributed by atoms with E-state index < -0.39 is 9.05 Å². The average Bonchev–Trinajstić information content (AvgIpc) is 2.30. The molecular formula is C11H13Cl3O3S2. The molecule has 0 spiro atoms. The number of hydrogen-bond donors (Lipinski definition) is 0. The van der Waals surface area contributed by atoms with Crippen molar-refractivity contribution in [3.63, 3.8) is 0 Å². The van der Waals surface area contributed by atoms with Crippen molar-refractivity contribution in [2.45, 2.75) is 18.2 Å². The third-order valence-corrected chi connectivity index (χ3v) is 5.02. The Morgan fingerprint density at radius 3 is 2.32 bits per heavy atom. The van der Waals surface area contributed by atoms with Gasteiger partial charge in [0.05, 0.1) is 21.5 Å². The van der Waals surface area contributed by atoms with Crippen molar-refractivity contribution < 1.29 is 13.2 Å². The van der Waals surface area contributed by atoms with Gasteiger partial charge in [-0.3, -0.25) is 0 Å². The van der Waals surface area contributed by atoms with E-state index in [0.29, 0.717) is 6.61 Å². The topological polar surface area (TPSA) is 43.4 Å². The molecule has 0 fully saturated rings. The van der Waals surface area contributed by atoms with Gasteiger partial charge >= 0.3 is 0 Å². The second-order valence-corrected chi connectivity index (χ2v) is 8.33. The van der Waals surface area contributed by atoms with Gasteiger partial charge in [-0.25, -0.2) is 8.42 Å². The number of thioether (sulfide) groups is 1. The van der Waals surface area contributed by atoms with Crippen molar-refractivity contribution in [1.82, 2.24) is 0 Å². The molecule has 108 valence electrons. The molecule has 0 unspecified atom stereocenters. The van der Waals surface area contributed by atoms with E-state index in [0.717, 1.165) is 17.9 Å². The Balaban J connectivity index is 2.75. The predicted octanol–water partition coefficient (Wildman–Crippen LogP) is 4.44. The molecule has 3 nitrogen and oxygen atoms in total. The van der Waals surface area contributed by atoms with Gasteiger partial charge in [-0.1, -0.05) is 30.1 Å². The molecular weight excluding hydrogens is 351 g/mol. The smallest absolute Gasteiger partial charge is 0.261 e. The molecule has 0 saturated carbocycles. The van der Waals surface area contributed by atoms with Gasteiger partial charge in [-0.15, -0.1) is 0 Å². The summed E-state index contributed by atoms with van der Waals surface area (Å²) in [5, 5.41) is 0.268. The van der Waals surface area contributed by atoms with Crippen LogP contribution in [0.1, 0.15) is 13.3 Å². The van der Waals surface area contributed by atoms with Crippen LogP contribution in [0.15, 0.2) is 17.0 Å². The maximum Gasteiger partial charge on any atom is 0.261 e. The van der Waals surface area contributed by atoms with Crippen LogP contribution in [0.25, 0.3) is 0 Å². The van der Waals surface area contributed by atoms with Crippen molar-refractivity contribution in [2.24, 2.45) is 0 Å². The lowest BCUT2D eigenvalue weighted by Gasteiger charge is -2.10. The maximum atomic E-state index is 11.2. The monoisotopic (exact) mass is 362 g/mol. The van der Waals surface area contributed by atoms with Crippen LogP contribution in [0.3, 0.4) is 0 Å². The van der Waals surface area contributed by atoms with E-state index in [4.69, 9.17) is 38.6 Å². The Morgan fingerprint density at radius 2 is 1.84 bits per heavy atom. The summed E-state index contributed by atoms with van der Waals surface area (Å²) in [6, 6.07) is 2.46. The van der Waals surface area contributed by atoms with Crippen molar-refractivity contribution in [2.75, 3.05) is 18.1 Å². The van der Waals surface area contributed by atoms with Crippen LogP contribution >= 0.6 is 45.6 Å². The van der Waals surface area contributed by atoms with Crippen molar-refractivity contribution in [3.8, 4) is 5.75 Å². The zero-order valence-electron chi connectivity index (χ0n) is 10.2. The van der Waals surface area contributed by atoms with Crippen LogP contribution in [0.2, 0.25) is 10.0 Å². The fraction of sp³-hybridized carbons (Fsp3) is 0.455. The fourth-order valence-electron chi connectivity index (χ4n) is 1.29. The van der Waals surface area contributed by atoms with E-state index in [9.17, 15) is 8.42 Å². The highest BCUT2D eigenvalue weighted by atomic mass is 35.7. The number of halogens is 3. The highest BCUT2D eigenvalue weighted by Gasteiger charge is 2.16. The molecule has 0 bridgehead atoms. The number of ether oxygens (including phenoxy) is 1. The Morgan fingerprint density at radius 1 is 1.26 bits per heavy atom. The zero-order valence-corrected chi connectivity index (χ0v) is 14.1. The summed E-state index contributed by atoms with van der Waals surface area (Å²) in [6.07, 6.45) is 0.862. The minimum absolute atomic E-state index is 0.134. The minimum Gasteiger partial charge on any atom is -0.490 e. The number of rotatable bonds is 7. The largest absolute Gasteiger partial charge is 0.490 e. The molecule has 0 aliphatic rings. The zero-order chi connectivity index (χ0) is 14.5. The summed E-state index contributed by atoms with van der Waals surface area (Å²) in [7, 11) is 1.38. The van der Waals surface area contributed by atoms with Crippen LogP contribution in [-0.2, 0) is 9.05 Å². The predicted molar refractivity (Wildman–Crippen MR) is 82.6 cm³/mol. The second kappa shape index (κ2) is 7.84. The highest BCUT2D eigenvalue weighted by Crippen LogP contribution is 2.36. The molecule has 0 atom stereocenters. The van der Waals surface area contributed by atoms with Crippen LogP contribution < -0.4 is 4.74 Å². The third-order valence-electron chi connectivity index (χ3n) is 2.14. The SMILES string of the molecule is CCSCCCOc1c(Cl)cc(S(=O)(=O)Cl)cc1Cl. The van der Waals surface area contributed by atoms with Crippen LogP contribution in [0, 0.1) is 0 Å². The summed E-state index contributed by atoms with van der Waals surface area (Å²) < 4.78 is 27.8. The summed E-state index contributed by atoms with van der Waals surface area (Å²) in [4.78, 5) is -0.141. The van der Waals surface area contributed by atoms with Crippen molar-refractivity contribution in [1.29, 1.82) is 0 Å². The van der Waals surface area contributed by atoms with E-state index in [1.807, 2.05) is 11.8 Å². The summed E-state index contributed by atoms with van der Waals surface area (Å²) in [6.45, 7) is 2.56. The second-order valence-electron chi connectivity index (χ2n) is 3.55. The third kappa shape index (κ3) is 5.60. The molecule has 0 N–H and O–H groups in total. The van der Waals surface area contributed by atoms with Gasteiger partial charge in [0.2, 0.25) is 0 Å². The summed E-state index contributed by atoms with van der Waals surface area (Å²) in [5.41, 5.74) is 0. The Labute approximate surface area is 132 Å². The van der Waals surface area contributed by atoms with Gasteiger partial charge in [0.15, 0.2) is 5.75 Å². The Kier molecular flexibility index (Phi) is 7.11. The van der Waals surface area contributed by atoms with Gasteiger partial charge < -0.3 is 4.74 Å². The molecule has 0 amide bonds. The first-order valence-corrected chi connectivity index (χ1v) is 9.72. The first-order chi connectivity index (χ1) is 8.86. The molecule has 0 aliphatic heterocycles. The van der Waals surface area contributed by atoms with Gasteiger partial charge in [-0.05, 0) is 30.1 Å².